The molecular formula is C3H2N6O. The number of hydrogen-bond donors (Lipinski definition) is 0. The molecule has 50 valence electrons. The summed E-state index contributed by atoms with van der Waals surface area (Å²) in [6.45, 7) is 0. The zero-order valence-corrected chi connectivity index (χ0v) is 4.75. The second kappa shape index (κ2) is 1.87. The molecule has 0 amide bonds. The van der Waals surface area contributed by atoms with Gasteiger partial charge in [0.1, 0.15) is 6.20 Å². The molecule has 2 aromatic rings. The van der Waals surface area contributed by atoms with E-state index in [1.807, 2.05) is 0 Å². The molecule has 0 saturated heterocycles. The third-order valence-electron chi connectivity index (χ3n) is 0.904. The molecule has 7 heteroatoms. The molecule has 0 aromatic carbocycles. The van der Waals surface area contributed by atoms with E-state index in [0.29, 0.717) is 5.82 Å². The Morgan fingerprint density at radius 2 is 2.50 bits per heavy atom. The Bertz CT molecular complexity index is 252. The van der Waals surface area contributed by atoms with Crippen LogP contribution in [0.4, 0.5) is 0 Å². The fourth-order valence-corrected chi connectivity index (χ4v) is 0.520. The average Bonchev–Trinajstić information content (AvgIpc) is 2.59. The highest BCUT2D eigenvalue weighted by Crippen LogP contribution is 1.92. The molecule has 7 nitrogen and oxygen atoms in total. The molecule has 0 atom stereocenters. The Hall–Kier alpha value is -1.79. The van der Waals surface area contributed by atoms with Crippen LogP contribution in [-0.2, 0) is 0 Å². The summed E-state index contributed by atoms with van der Waals surface area (Å²) in [5.41, 5.74) is 0. The summed E-state index contributed by atoms with van der Waals surface area (Å²) in [6.07, 6.45) is 2.69. The molecular weight excluding hydrogens is 136 g/mol. The smallest absolute Gasteiger partial charge is 0.239 e. The first-order valence-corrected chi connectivity index (χ1v) is 2.48. The number of hydrogen-bond acceptors (Lipinski definition) is 6. The maximum absolute atomic E-state index is 4.31. The van der Waals surface area contributed by atoms with Crippen molar-refractivity contribution in [2.45, 2.75) is 0 Å². The van der Waals surface area contributed by atoms with E-state index < -0.39 is 0 Å². The van der Waals surface area contributed by atoms with E-state index in [1.54, 1.807) is 0 Å². The van der Waals surface area contributed by atoms with Gasteiger partial charge in [0.15, 0.2) is 6.33 Å². The molecule has 0 aliphatic carbocycles. The summed E-state index contributed by atoms with van der Waals surface area (Å²) in [6, 6.07) is 0. The lowest BCUT2D eigenvalue weighted by Crippen LogP contribution is -1.98. The van der Waals surface area contributed by atoms with Crippen molar-refractivity contribution in [1.29, 1.82) is 0 Å². The molecule has 0 aliphatic heterocycles. The molecule has 0 radical (unpaired) electrons. The number of rotatable bonds is 1. The van der Waals surface area contributed by atoms with Crippen LogP contribution in [0.15, 0.2) is 17.2 Å². The van der Waals surface area contributed by atoms with Gasteiger partial charge in [-0.1, -0.05) is 5.16 Å². The number of aromatic nitrogens is 6. The van der Waals surface area contributed by atoms with Gasteiger partial charge in [-0.15, -0.1) is 15.0 Å². The summed E-state index contributed by atoms with van der Waals surface area (Å²) < 4.78 is 4.31. The second-order valence-corrected chi connectivity index (χ2v) is 1.49. The van der Waals surface area contributed by atoms with Crippen molar-refractivity contribution in [2.75, 3.05) is 0 Å². The van der Waals surface area contributed by atoms with Crippen molar-refractivity contribution in [1.82, 2.24) is 30.5 Å². The van der Waals surface area contributed by atoms with E-state index in [2.05, 4.69) is 30.4 Å². The highest BCUT2D eigenvalue weighted by atomic mass is 16.6. The molecule has 0 N–H and O–H groups in total. The van der Waals surface area contributed by atoms with Gasteiger partial charge in [-0.2, -0.15) is 0 Å². The predicted molar refractivity (Wildman–Crippen MR) is 27.0 cm³/mol. The number of nitrogens with zero attached hydrogens (tertiary/aromatic N) is 6. The third-order valence-corrected chi connectivity index (χ3v) is 0.904. The van der Waals surface area contributed by atoms with Gasteiger partial charge < -0.3 is 0 Å². The van der Waals surface area contributed by atoms with Crippen LogP contribution in [0.1, 0.15) is 0 Å². The maximum Gasteiger partial charge on any atom is 0.239 e. The summed E-state index contributed by atoms with van der Waals surface area (Å²) in [7, 11) is 0. The minimum Gasteiger partial charge on any atom is -0.242 e. The average molecular weight is 138 g/mol. The van der Waals surface area contributed by atoms with E-state index in [1.165, 1.54) is 17.3 Å². The van der Waals surface area contributed by atoms with Crippen molar-refractivity contribution in [3.63, 3.8) is 0 Å². The topological polar surface area (TPSA) is 82.5 Å². The van der Waals surface area contributed by atoms with Crippen LogP contribution in [-0.4, -0.2) is 30.5 Å². The first-order valence-electron chi connectivity index (χ1n) is 2.48. The SMILES string of the molecule is c1nnn(-c2cnon2)n1. The zero-order valence-electron chi connectivity index (χ0n) is 4.75. The van der Waals surface area contributed by atoms with Crippen LogP contribution in [0.2, 0.25) is 0 Å². The lowest BCUT2D eigenvalue weighted by atomic mass is 10.8. The molecule has 0 aliphatic rings. The van der Waals surface area contributed by atoms with Crippen molar-refractivity contribution >= 4 is 0 Å². The van der Waals surface area contributed by atoms with Crippen molar-refractivity contribution in [3.8, 4) is 5.82 Å². The van der Waals surface area contributed by atoms with Gasteiger partial charge in [-0.25, -0.2) is 4.63 Å². The number of tetrazole rings is 1. The first kappa shape index (κ1) is 5.03. The van der Waals surface area contributed by atoms with Gasteiger partial charge in [0.05, 0.1) is 0 Å². The van der Waals surface area contributed by atoms with Gasteiger partial charge in [0.2, 0.25) is 5.82 Å². The lowest BCUT2D eigenvalue weighted by molar-refractivity contribution is 0.304. The highest BCUT2D eigenvalue weighted by Gasteiger charge is 2.00. The summed E-state index contributed by atoms with van der Waals surface area (Å²) >= 11 is 0. The van der Waals surface area contributed by atoms with Crippen LogP contribution < -0.4 is 0 Å². The van der Waals surface area contributed by atoms with Crippen LogP contribution >= 0.6 is 0 Å². The Kier molecular flexibility index (Phi) is 0.938. The van der Waals surface area contributed by atoms with Gasteiger partial charge in [0, 0.05) is 0 Å². The van der Waals surface area contributed by atoms with Gasteiger partial charge in [-0.05, 0) is 10.4 Å². The fraction of sp³-hybridized carbons (Fsp3) is 0. The minimum atomic E-state index is 0.414. The lowest BCUT2D eigenvalue weighted by Gasteiger charge is -1.82. The Morgan fingerprint density at radius 3 is 3.10 bits per heavy atom. The summed E-state index contributed by atoms with van der Waals surface area (Å²) in [5, 5.41) is 17.5. The minimum absolute atomic E-state index is 0.414. The zero-order chi connectivity index (χ0) is 6.81. The largest absolute Gasteiger partial charge is 0.242 e. The fourth-order valence-electron chi connectivity index (χ4n) is 0.520. The Balaban J connectivity index is 2.48. The molecule has 0 saturated carbocycles. The van der Waals surface area contributed by atoms with Gasteiger partial charge in [-0.3, -0.25) is 0 Å². The standard InChI is InChI=1S/C3H2N6O/c1-3(7-10-6-1)9-5-2-4-8-9/h1-2H. The van der Waals surface area contributed by atoms with Crippen LogP contribution in [0.25, 0.3) is 5.82 Å². The maximum atomic E-state index is 4.31. The molecule has 0 spiro atoms. The van der Waals surface area contributed by atoms with Gasteiger partial charge >= 0.3 is 0 Å². The van der Waals surface area contributed by atoms with E-state index in [4.69, 9.17) is 0 Å². The highest BCUT2D eigenvalue weighted by molar-refractivity contribution is 5.06. The summed E-state index contributed by atoms with van der Waals surface area (Å²) in [5.74, 6) is 0.414. The summed E-state index contributed by atoms with van der Waals surface area (Å²) in [4.78, 5) is 1.20. The van der Waals surface area contributed by atoms with Crippen molar-refractivity contribution in [3.05, 3.63) is 12.5 Å². The first-order chi connectivity index (χ1) is 4.97. The van der Waals surface area contributed by atoms with Crippen molar-refractivity contribution < 1.29 is 4.63 Å². The van der Waals surface area contributed by atoms with E-state index in [0.717, 1.165) is 0 Å². The van der Waals surface area contributed by atoms with E-state index in [9.17, 15) is 0 Å². The van der Waals surface area contributed by atoms with Crippen LogP contribution in [0.3, 0.4) is 0 Å². The van der Waals surface area contributed by atoms with Gasteiger partial charge in [0.25, 0.3) is 0 Å². The predicted octanol–water partition coefficient (Wildman–Crippen LogP) is -0.955. The Morgan fingerprint density at radius 1 is 1.50 bits per heavy atom. The second-order valence-electron chi connectivity index (χ2n) is 1.49. The monoisotopic (exact) mass is 138 g/mol. The molecule has 2 aromatic heterocycles. The third kappa shape index (κ3) is 0.642. The molecule has 0 bridgehead atoms. The van der Waals surface area contributed by atoms with Crippen molar-refractivity contribution in [2.24, 2.45) is 0 Å². The molecule has 0 fully saturated rings. The quantitative estimate of drug-likeness (QED) is 0.505. The van der Waals surface area contributed by atoms with Crippen LogP contribution in [0, 0.1) is 0 Å². The van der Waals surface area contributed by atoms with E-state index >= 15 is 0 Å². The molecule has 2 heterocycles. The molecule has 10 heavy (non-hydrogen) atoms. The normalized spacial score (nSPS) is 10.0. The Labute approximate surface area is 54.6 Å². The van der Waals surface area contributed by atoms with E-state index in [-0.39, 0.29) is 0 Å². The van der Waals surface area contributed by atoms with Crippen LogP contribution in [0.5, 0.6) is 0 Å². The molecule has 2 rings (SSSR count). The molecule has 0 unspecified atom stereocenters.